The first kappa shape index (κ1) is 12.2. The Hall–Kier alpha value is -1.28. The molecule has 0 saturated carbocycles. The first-order valence-corrected chi connectivity index (χ1v) is 6.79. The van der Waals surface area contributed by atoms with Crippen molar-refractivity contribution in [1.82, 2.24) is 0 Å². The molecule has 17 heavy (non-hydrogen) atoms. The van der Waals surface area contributed by atoms with E-state index >= 15 is 0 Å². The summed E-state index contributed by atoms with van der Waals surface area (Å²) in [7, 11) is 0. The molecule has 0 aromatic heterocycles. The highest BCUT2D eigenvalue weighted by Crippen LogP contribution is 2.21. The minimum Gasteiger partial charge on any atom is -0.207 e. The van der Waals surface area contributed by atoms with Gasteiger partial charge in [0, 0.05) is 11.3 Å². The summed E-state index contributed by atoms with van der Waals surface area (Å²) in [4.78, 5) is 1.11. The summed E-state index contributed by atoms with van der Waals surface area (Å²) in [5.74, 6) is -0.122. The fourth-order valence-electron chi connectivity index (χ4n) is 1.74. The third-order valence-corrected chi connectivity index (χ3v) is 3.49. The second-order valence-electron chi connectivity index (χ2n) is 4.12. The van der Waals surface area contributed by atoms with Crippen LogP contribution in [0.15, 0.2) is 47.4 Å². The van der Waals surface area contributed by atoms with E-state index < -0.39 is 0 Å². The van der Waals surface area contributed by atoms with E-state index in [1.807, 2.05) is 18.4 Å². The zero-order valence-corrected chi connectivity index (χ0v) is 10.9. The molecule has 0 N–H and O–H groups in total. The molecule has 0 spiro atoms. The van der Waals surface area contributed by atoms with Crippen LogP contribution in [-0.2, 0) is 6.42 Å². The third kappa shape index (κ3) is 3.10. The maximum Gasteiger partial charge on any atom is 0.126 e. The van der Waals surface area contributed by atoms with Crippen molar-refractivity contribution < 1.29 is 4.39 Å². The highest BCUT2D eigenvalue weighted by molar-refractivity contribution is 7.98. The number of rotatable bonds is 3. The van der Waals surface area contributed by atoms with Gasteiger partial charge in [-0.3, -0.25) is 0 Å². The van der Waals surface area contributed by atoms with Crippen LogP contribution in [0, 0.1) is 12.7 Å². The van der Waals surface area contributed by atoms with Gasteiger partial charge in [-0.1, -0.05) is 29.8 Å². The molecule has 0 aliphatic heterocycles. The maximum absolute atomic E-state index is 13.7. The molecular weight excluding hydrogens is 231 g/mol. The van der Waals surface area contributed by atoms with Crippen LogP contribution in [0.3, 0.4) is 0 Å². The van der Waals surface area contributed by atoms with E-state index in [0.717, 1.165) is 16.0 Å². The van der Waals surface area contributed by atoms with Crippen LogP contribution in [0.1, 0.15) is 16.7 Å². The van der Waals surface area contributed by atoms with Gasteiger partial charge in [-0.05, 0) is 42.5 Å². The van der Waals surface area contributed by atoms with Crippen molar-refractivity contribution in [1.29, 1.82) is 0 Å². The van der Waals surface area contributed by atoms with E-state index in [1.54, 1.807) is 17.8 Å². The van der Waals surface area contributed by atoms with Crippen molar-refractivity contribution in [2.75, 3.05) is 6.26 Å². The molecule has 0 nitrogen and oxygen atoms in total. The summed E-state index contributed by atoms with van der Waals surface area (Å²) in [6.07, 6.45) is 2.66. The van der Waals surface area contributed by atoms with Crippen molar-refractivity contribution in [3.05, 3.63) is 65.0 Å². The Kier molecular flexibility index (Phi) is 3.85. The van der Waals surface area contributed by atoms with Gasteiger partial charge in [0.1, 0.15) is 5.82 Å². The first-order chi connectivity index (χ1) is 8.19. The lowest BCUT2D eigenvalue weighted by Crippen LogP contribution is -1.93. The van der Waals surface area contributed by atoms with Crippen LogP contribution in [0.5, 0.6) is 0 Å². The molecule has 0 heterocycles. The molecule has 0 aliphatic carbocycles. The zero-order valence-electron chi connectivity index (χ0n) is 10.0. The smallest absolute Gasteiger partial charge is 0.126 e. The predicted molar refractivity (Wildman–Crippen MR) is 72.2 cm³/mol. The van der Waals surface area contributed by atoms with Crippen molar-refractivity contribution in [3.8, 4) is 0 Å². The number of halogens is 1. The summed E-state index contributed by atoms with van der Waals surface area (Å²) in [6.45, 7) is 2.05. The number of hydrogen-bond acceptors (Lipinski definition) is 1. The summed E-state index contributed by atoms with van der Waals surface area (Å²) in [5.41, 5.74) is 3.14. The van der Waals surface area contributed by atoms with Crippen LogP contribution in [0.2, 0.25) is 0 Å². The van der Waals surface area contributed by atoms with Crippen molar-refractivity contribution in [3.63, 3.8) is 0 Å². The fraction of sp³-hybridized carbons (Fsp3) is 0.200. The minimum absolute atomic E-state index is 0.122. The lowest BCUT2D eigenvalue weighted by Gasteiger charge is -2.06. The molecule has 0 fully saturated rings. The van der Waals surface area contributed by atoms with E-state index in [-0.39, 0.29) is 5.82 Å². The largest absolute Gasteiger partial charge is 0.207 e. The van der Waals surface area contributed by atoms with Crippen molar-refractivity contribution >= 4 is 11.8 Å². The van der Waals surface area contributed by atoms with Crippen LogP contribution in [-0.4, -0.2) is 6.26 Å². The van der Waals surface area contributed by atoms with Gasteiger partial charge >= 0.3 is 0 Å². The second-order valence-corrected chi connectivity index (χ2v) is 5.00. The van der Waals surface area contributed by atoms with E-state index in [0.29, 0.717) is 6.42 Å². The van der Waals surface area contributed by atoms with Crippen LogP contribution in [0.25, 0.3) is 0 Å². The fourth-order valence-corrected chi connectivity index (χ4v) is 2.20. The molecule has 0 atom stereocenters. The summed E-state index contributed by atoms with van der Waals surface area (Å²) in [5, 5.41) is 0. The van der Waals surface area contributed by atoms with Gasteiger partial charge in [0.15, 0.2) is 0 Å². The molecule has 2 aromatic rings. The molecule has 2 heteroatoms. The Morgan fingerprint density at radius 3 is 2.41 bits per heavy atom. The minimum atomic E-state index is -0.122. The van der Waals surface area contributed by atoms with Gasteiger partial charge in [0.25, 0.3) is 0 Å². The van der Waals surface area contributed by atoms with Crippen LogP contribution in [0.4, 0.5) is 4.39 Å². The van der Waals surface area contributed by atoms with Gasteiger partial charge < -0.3 is 0 Å². The van der Waals surface area contributed by atoms with Gasteiger partial charge in [-0.25, -0.2) is 4.39 Å². The van der Waals surface area contributed by atoms with Crippen molar-refractivity contribution in [2.24, 2.45) is 0 Å². The average molecular weight is 246 g/mol. The highest BCUT2D eigenvalue weighted by Gasteiger charge is 2.04. The Balaban J connectivity index is 2.25. The standard InChI is InChI=1S/C15H15FS/c1-11-3-5-12(6-4-11)9-13-10-14(17-2)7-8-15(13)16/h3-8,10H,9H2,1-2H3. The molecule has 88 valence electrons. The van der Waals surface area contributed by atoms with Crippen LogP contribution >= 0.6 is 11.8 Å². The number of hydrogen-bond donors (Lipinski definition) is 0. The predicted octanol–water partition coefficient (Wildman–Crippen LogP) is 4.45. The Labute approximate surface area is 106 Å². The third-order valence-electron chi connectivity index (χ3n) is 2.77. The number of aryl methyl sites for hydroxylation is 1. The number of benzene rings is 2. The van der Waals surface area contributed by atoms with E-state index in [4.69, 9.17) is 0 Å². The monoisotopic (exact) mass is 246 g/mol. The molecular formula is C15H15FS. The van der Waals surface area contributed by atoms with Gasteiger partial charge in [-0.2, -0.15) is 0 Å². The molecule has 2 rings (SSSR count). The van der Waals surface area contributed by atoms with Gasteiger partial charge in [-0.15, -0.1) is 11.8 Å². The molecule has 0 saturated heterocycles. The summed E-state index contributed by atoms with van der Waals surface area (Å²) in [6, 6.07) is 13.5. The molecule has 0 amide bonds. The summed E-state index contributed by atoms with van der Waals surface area (Å²) < 4.78 is 13.7. The topological polar surface area (TPSA) is 0 Å². The molecule has 0 radical (unpaired) electrons. The van der Waals surface area contributed by atoms with Gasteiger partial charge in [0.05, 0.1) is 0 Å². The molecule has 0 bridgehead atoms. The zero-order chi connectivity index (χ0) is 12.3. The second kappa shape index (κ2) is 5.37. The Morgan fingerprint density at radius 1 is 1.06 bits per heavy atom. The lowest BCUT2D eigenvalue weighted by atomic mass is 10.0. The first-order valence-electron chi connectivity index (χ1n) is 5.57. The Bertz CT molecular complexity index is 503. The maximum atomic E-state index is 13.7. The van der Waals surface area contributed by atoms with Gasteiger partial charge in [0.2, 0.25) is 0 Å². The van der Waals surface area contributed by atoms with E-state index in [9.17, 15) is 4.39 Å². The molecule has 0 aliphatic rings. The molecule has 0 unspecified atom stereocenters. The van der Waals surface area contributed by atoms with E-state index in [1.165, 1.54) is 5.56 Å². The SMILES string of the molecule is CSc1ccc(F)c(Cc2ccc(C)cc2)c1. The van der Waals surface area contributed by atoms with Crippen LogP contribution < -0.4 is 0 Å². The normalized spacial score (nSPS) is 10.5. The molecule has 2 aromatic carbocycles. The van der Waals surface area contributed by atoms with Crippen molar-refractivity contribution in [2.45, 2.75) is 18.2 Å². The van der Waals surface area contributed by atoms with E-state index in [2.05, 4.69) is 31.2 Å². The Morgan fingerprint density at radius 2 is 1.76 bits per heavy atom. The quantitative estimate of drug-likeness (QED) is 0.721. The average Bonchev–Trinajstić information content (AvgIpc) is 2.35. The highest BCUT2D eigenvalue weighted by atomic mass is 32.2. The summed E-state index contributed by atoms with van der Waals surface area (Å²) >= 11 is 1.64. The lowest BCUT2D eigenvalue weighted by molar-refractivity contribution is 0.612. The number of thioether (sulfide) groups is 1.